The van der Waals surface area contributed by atoms with Gasteiger partial charge in [-0.3, -0.25) is 9.59 Å². The monoisotopic (exact) mass is 543 g/mol. The minimum absolute atomic E-state index is 0.00617. The molecule has 0 unspecified atom stereocenters. The molecule has 1 atom stereocenters. The molecule has 7 nitrogen and oxygen atoms in total. The fourth-order valence-corrected chi connectivity index (χ4v) is 4.25. The highest BCUT2D eigenvalue weighted by Crippen LogP contribution is 2.37. The molecule has 11 heteroatoms. The van der Waals surface area contributed by atoms with Crippen molar-refractivity contribution in [2.45, 2.75) is 18.6 Å². The molecule has 1 aliphatic heterocycles. The lowest BCUT2D eigenvalue weighted by atomic mass is 9.98. The SMILES string of the molecule is COc1ccc([C@@H]2CC(c3ccc(F)cc3)=NN2C(=O)CN(C)C(=O)c2ccc(C(F)(F)F)cc2)cc1OC. The van der Waals surface area contributed by atoms with E-state index in [1.54, 1.807) is 30.3 Å². The highest BCUT2D eigenvalue weighted by atomic mass is 19.4. The molecule has 0 N–H and O–H groups in total. The van der Waals surface area contributed by atoms with Gasteiger partial charge in [-0.2, -0.15) is 18.3 Å². The number of hydrogen-bond donors (Lipinski definition) is 0. The third kappa shape index (κ3) is 6.02. The summed E-state index contributed by atoms with van der Waals surface area (Å²) in [5.74, 6) is -0.604. The van der Waals surface area contributed by atoms with Crippen LogP contribution >= 0.6 is 0 Å². The summed E-state index contributed by atoms with van der Waals surface area (Å²) in [7, 11) is 4.37. The van der Waals surface area contributed by atoms with Crippen molar-refractivity contribution < 1.29 is 36.6 Å². The highest BCUT2D eigenvalue weighted by Gasteiger charge is 2.35. The molecule has 1 aliphatic rings. The fraction of sp³-hybridized carbons (Fsp3) is 0.250. The van der Waals surface area contributed by atoms with Crippen molar-refractivity contribution in [2.24, 2.45) is 5.10 Å². The Morgan fingerprint density at radius 3 is 2.21 bits per heavy atom. The zero-order chi connectivity index (χ0) is 28.3. The number of amides is 2. The Balaban J connectivity index is 1.59. The van der Waals surface area contributed by atoms with Gasteiger partial charge in [0, 0.05) is 19.0 Å². The minimum atomic E-state index is -4.53. The largest absolute Gasteiger partial charge is 0.493 e. The first kappa shape index (κ1) is 27.6. The van der Waals surface area contributed by atoms with E-state index in [2.05, 4.69) is 5.10 Å². The Kier molecular flexibility index (Phi) is 7.89. The molecule has 0 fully saturated rings. The van der Waals surface area contributed by atoms with Gasteiger partial charge in [0.1, 0.15) is 12.4 Å². The van der Waals surface area contributed by atoms with Crippen LogP contribution in [0.3, 0.4) is 0 Å². The molecule has 0 aromatic heterocycles. The first-order chi connectivity index (χ1) is 18.5. The molecule has 3 aromatic rings. The molecule has 0 saturated heterocycles. The average Bonchev–Trinajstić information content (AvgIpc) is 3.38. The maximum absolute atomic E-state index is 13.5. The number of rotatable bonds is 7. The smallest absolute Gasteiger partial charge is 0.416 e. The van der Waals surface area contributed by atoms with E-state index in [0.717, 1.165) is 29.2 Å². The van der Waals surface area contributed by atoms with Crippen LogP contribution in [-0.4, -0.2) is 55.2 Å². The lowest BCUT2D eigenvalue weighted by Crippen LogP contribution is -2.39. The Labute approximate surface area is 222 Å². The quantitative estimate of drug-likeness (QED) is 0.379. The molecular weight excluding hydrogens is 518 g/mol. The predicted molar refractivity (Wildman–Crippen MR) is 135 cm³/mol. The molecule has 39 heavy (non-hydrogen) atoms. The van der Waals surface area contributed by atoms with Gasteiger partial charge in [0.25, 0.3) is 11.8 Å². The highest BCUT2D eigenvalue weighted by molar-refractivity contribution is 6.03. The first-order valence-electron chi connectivity index (χ1n) is 11.8. The molecule has 0 radical (unpaired) electrons. The third-order valence-corrected chi connectivity index (χ3v) is 6.31. The Bertz CT molecular complexity index is 1390. The number of hydrogen-bond acceptors (Lipinski definition) is 5. The summed E-state index contributed by atoms with van der Waals surface area (Å²) in [6, 6.07) is 14.1. The summed E-state index contributed by atoms with van der Waals surface area (Å²) in [4.78, 5) is 27.4. The van der Waals surface area contributed by atoms with Crippen LogP contribution in [0.4, 0.5) is 17.6 Å². The standard InChI is InChI=1S/C28H25F4N3O4/c1-34(27(37)18-4-9-20(10-5-18)28(30,31)32)16-26(36)35-23(19-8-13-24(38-2)25(14-19)39-3)15-22(33-35)17-6-11-21(29)12-7-17/h4-14,23H,15-16H2,1-3H3/t23-/m0/s1. The van der Waals surface area contributed by atoms with Crippen molar-refractivity contribution in [2.75, 3.05) is 27.8 Å². The number of nitrogens with zero attached hydrogens (tertiary/aromatic N) is 3. The van der Waals surface area contributed by atoms with Gasteiger partial charge in [0.15, 0.2) is 11.5 Å². The van der Waals surface area contributed by atoms with Gasteiger partial charge >= 0.3 is 6.18 Å². The van der Waals surface area contributed by atoms with Gasteiger partial charge in [0.2, 0.25) is 0 Å². The number of methoxy groups -OCH3 is 2. The maximum atomic E-state index is 13.5. The summed E-state index contributed by atoms with van der Waals surface area (Å²) in [6.07, 6.45) is -4.22. The summed E-state index contributed by atoms with van der Waals surface area (Å²) in [6.45, 7) is -0.385. The summed E-state index contributed by atoms with van der Waals surface area (Å²) < 4.78 is 62.8. The van der Waals surface area contributed by atoms with Crippen LogP contribution in [0.25, 0.3) is 0 Å². The number of carbonyl (C=O) groups excluding carboxylic acids is 2. The lowest BCUT2D eigenvalue weighted by Gasteiger charge is -2.25. The van der Waals surface area contributed by atoms with Gasteiger partial charge in [0.05, 0.1) is 31.5 Å². The Hall–Kier alpha value is -4.41. The van der Waals surface area contributed by atoms with E-state index in [1.165, 1.54) is 38.4 Å². The van der Waals surface area contributed by atoms with Gasteiger partial charge in [-0.15, -0.1) is 0 Å². The Morgan fingerprint density at radius 1 is 0.974 bits per heavy atom. The molecule has 0 aliphatic carbocycles. The Morgan fingerprint density at radius 2 is 1.62 bits per heavy atom. The first-order valence-corrected chi connectivity index (χ1v) is 11.8. The van der Waals surface area contributed by atoms with E-state index in [1.807, 2.05) is 0 Å². The van der Waals surface area contributed by atoms with E-state index in [0.29, 0.717) is 34.8 Å². The van der Waals surface area contributed by atoms with E-state index in [-0.39, 0.29) is 12.1 Å². The second-order valence-corrected chi connectivity index (χ2v) is 8.86. The lowest BCUT2D eigenvalue weighted by molar-refractivity contribution is -0.137. The van der Waals surface area contributed by atoms with E-state index in [9.17, 15) is 27.2 Å². The summed E-state index contributed by atoms with van der Waals surface area (Å²) >= 11 is 0. The molecule has 204 valence electrons. The van der Waals surface area contributed by atoms with E-state index < -0.39 is 35.4 Å². The predicted octanol–water partition coefficient (Wildman–Crippen LogP) is 5.31. The second kappa shape index (κ2) is 11.1. The molecule has 2 amide bonds. The number of ether oxygens (including phenoxy) is 2. The number of benzene rings is 3. The second-order valence-electron chi connectivity index (χ2n) is 8.86. The van der Waals surface area contributed by atoms with Crippen molar-refractivity contribution in [1.82, 2.24) is 9.91 Å². The molecule has 0 saturated carbocycles. The van der Waals surface area contributed by atoms with Crippen molar-refractivity contribution >= 4 is 17.5 Å². The van der Waals surface area contributed by atoms with Gasteiger partial charge < -0.3 is 14.4 Å². The molecule has 3 aromatic carbocycles. The van der Waals surface area contributed by atoms with Crippen LogP contribution in [0, 0.1) is 5.82 Å². The molecule has 1 heterocycles. The average molecular weight is 544 g/mol. The van der Waals surface area contributed by atoms with E-state index in [4.69, 9.17) is 9.47 Å². The van der Waals surface area contributed by atoms with Crippen LogP contribution in [0.2, 0.25) is 0 Å². The molecule has 4 rings (SSSR count). The maximum Gasteiger partial charge on any atom is 0.416 e. The minimum Gasteiger partial charge on any atom is -0.493 e. The fourth-order valence-electron chi connectivity index (χ4n) is 4.25. The summed E-state index contributed by atoms with van der Waals surface area (Å²) in [5, 5.41) is 5.77. The van der Waals surface area contributed by atoms with Crippen LogP contribution in [0.1, 0.15) is 39.5 Å². The normalized spacial score (nSPS) is 15.1. The summed E-state index contributed by atoms with van der Waals surface area (Å²) in [5.41, 5.74) is 0.992. The van der Waals surface area contributed by atoms with Crippen molar-refractivity contribution in [3.8, 4) is 11.5 Å². The molecule has 0 bridgehead atoms. The third-order valence-electron chi connectivity index (χ3n) is 6.31. The number of alkyl halides is 3. The van der Waals surface area contributed by atoms with Gasteiger partial charge in [-0.25, -0.2) is 9.40 Å². The van der Waals surface area contributed by atoms with Gasteiger partial charge in [-0.1, -0.05) is 18.2 Å². The molecular formula is C28H25F4N3O4. The number of hydrazone groups is 1. The number of likely N-dealkylation sites (N-methyl/N-ethyl adjacent to an activating group) is 1. The van der Waals surface area contributed by atoms with Crippen LogP contribution in [0.15, 0.2) is 71.8 Å². The topological polar surface area (TPSA) is 71.4 Å². The zero-order valence-corrected chi connectivity index (χ0v) is 21.3. The number of carbonyl (C=O) groups is 2. The van der Waals surface area contributed by atoms with Crippen molar-refractivity contribution in [3.05, 3.63) is 94.8 Å². The van der Waals surface area contributed by atoms with Crippen LogP contribution in [-0.2, 0) is 11.0 Å². The van der Waals surface area contributed by atoms with Crippen LogP contribution < -0.4 is 9.47 Å². The molecule has 0 spiro atoms. The van der Waals surface area contributed by atoms with Crippen molar-refractivity contribution in [3.63, 3.8) is 0 Å². The number of halogens is 4. The van der Waals surface area contributed by atoms with Crippen LogP contribution in [0.5, 0.6) is 11.5 Å². The zero-order valence-electron chi connectivity index (χ0n) is 21.3. The van der Waals surface area contributed by atoms with Crippen molar-refractivity contribution in [1.29, 1.82) is 0 Å². The van der Waals surface area contributed by atoms with Gasteiger partial charge in [-0.05, 0) is 59.7 Å². The van der Waals surface area contributed by atoms with E-state index >= 15 is 0 Å².